The summed E-state index contributed by atoms with van der Waals surface area (Å²) in [4.78, 5) is 9.80. The van der Waals surface area contributed by atoms with Crippen LogP contribution in [0.4, 0.5) is 0 Å². The van der Waals surface area contributed by atoms with Gasteiger partial charge in [0, 0.05) is 6.42 Å². The van der Waals surface area contributed by atoms with E-state index in [2.05, 4.69) is 0 Å². The fourth-order valence-electron chi connectivity index (χ4n) is 0.508. The Kier molecular flexibility index (Phi) is 6.89. The predicted octanol–water partition coefficient (Wildman–Crippen LogP) is 2.27. The lowest BCUT2D eigenvalue weighted by atomic mass is 10.3. The van der Waals surface area contributed by atoms with Crippen LogP contribution < -0.4 is 0 Å². The van der Waals surface area contributed by atoms with Gasteiger partial charge < -0.3 is 4.79 Å². The normalized spacial score (nSPS) is 13.6. The quantitative estimate of drug-likeness (QED) is 0.356. The molecule has 0 saturated heterocycles. The highest BCUT2D eigenvalue weighted by molar-refractivity contribution is 7.44. The van der Waals surface area contributed by atoms with Crippen molar-refractivity contribution in [3.05, 3.63) is 0 Å². The van der Waals surface area contributed by atoms with E-state index in [0.717, 1.165) is 6.29 Å². The monoisotopic (exact) mass is 178 g/mol. The van der Waals surface area contributed by atoms with Crippen molar-refractivity contribution in [3.8, 4) is 0 Å². The molecule has 0 N–H and O–H groups in total. The molecule has 0 heterocycles. The largest absolute Gasteiger partial charge is 0.303 e. The lowest BCUT2D eigenvalue weighted by Crippen LogP contribution is -1.87. The third kappa shape index (κ3) is 4.72. The second-order valence-corrected chi connectivity index (χ2v) is 3.86. The van der Waals surface area contributed by atoms with E-state index in [4.69, 9.17) is 0 Å². The Morgan fingerprint density at radius 2 is 1.90 bits per heavy atom. The molecule has 0 rings (SSSR count). The van der Waals surface area contributed by atoms with Gasteiger partial charge in [-0.25, -0.2) is 0 Å². The van der Waals surface area contributed by atoms with Crippen LogP contribution in [0.1, 0.15) is 19.3 Å². The topological polar surface area (TPSA) is 51.2 Å². The van der Waals surface area contributed by atoms with E-state index in [0.29, 0.717) is 19.3 Å². The van der Waals surface area contributed by atoms with Crippen LogP contribution >= 0.6 is 16.9 Å². The third-order valence-corrected chi connectivity index (χ3v) is 2.60. The van der Waals surface area contributed by atoms with Gasteiger partial charge in [0.15, 0.2) is 16.9 Å². The highest BCUT2D eigenvalue weighted by Gasteiger charge is 2.05. The van der Waals surface area contributed by atoms with Crippen molar-refractivity contribution in [2.75, 3.05) is 0 Å². The summed E-state index contributed by atoms with van der Waals surface area (Å²) in [5.74, 6) is 0. The van der Waals surface area contributed by atoms with Crippen LogP contribution in [-0.4, -0.2) is 11.7 Å². The minimum Gasteiger partial charge on any atom is -0.303 e. The summed E-state index contributed by atoms with van der Waals surface area (Å²) in [6, 6.07) is 0. The molecule has 0 spiro atoms. The molecule has 10 heavy (non-hydrogen) atoms. The van der Waals surface area contributed by atoms with Gasteiger partial charge in [0.2, 0.25) is 0 Å². The molecule has 0 unspecified atom stereocenters. The predicted molar refractivity (Wildman–Crippen MR) is 38.9 cm³/mol. The fraction of sp³-hybridized carbons (Fsp3) is 0.800. The van der Waals surface area contributed by atoms with Crippen molar-refractivity contribution >= 4 is 23.2 Å². The molecular formula is C5H8O3P2. The lowest BCUT2D eigenvalue weighted by Gasteiger charge is -1.94. The Morgan fingerprint density at radius 1 is 1.30 bits per heavy atom. The molecule has 3 nitrogen and oxygen atoms in total. The zero-order chi connectivity index (χ0) is 7.82. The van der Waals surface area contributed by atoms with Crippen molar-refractivity contribution in [1.29, 1.82) is 0 Å². The molecule has 0 aliphatic carbocycles. The number of carbonyl (C=O) groups excluding carboxylic acids is 1. The summed E-state index contributed by atoms with van der Waals surface area (Å²) < 4.78 is 20.3. The van der Waals surface area contributed by atoms with Crippen LogP contribution in [0.5, 0.6) is 0 Å². The molecule has 0 aliphatic rings. The van der Waals surface area contributed by atoms with Crippen LogP contribution in [0.15, 0.2) is 0 Å². The van der Waals surface area contributed by atoms with E-state index in [-0.39, 0.29) is 22.3 Å². The average molecular weight is 178 g/mol. The summed E-state index contributed by atoms with van der Waals surface area (Å²) >= 11 is 0. The summed E-state index contributed by atoms with van der Waals surface area (Å²) in [5.41, 5.74) is 0. The van der Waals surface area contributed by atoms with Gasteiger partial charge >= 0.3 is 0 Å². The summed E-state index contributed by atoms with van der Waals surface area (Å²) in [6.07, 6.45) is 2.51. The van der Waals surface area contributed by atoms with Crippen molar-refractivity contribution in [2.45, 2.75) is 24.7 Å². The molecule has 56 valence electrons. The Morgan fingerprint density at radius 3 is 2.30 bits per heavy atom. The minimum atomic E-state index is -0.319. The summed E-state index contributed by atoms with van der Waals surface area (Å²) in [6.45, 7) is 0. The standard InChI is InChI=1S/C5H8O3P2/c6-4-2-1-3-5(9-7)10-8/h4-5H,1-3H2. The van der Waals surface area contributed by atoms with E-state index in [9.17, 15) is 13.9 Å². The minimum absolute atomic E-state index is 0.101. The zero-order valence-electron chi connectivity index (χ0n) is 5.40. The van der Waals surface area contributed by atoms with Gasteiger partial charge in [-0.05, 0) is 12.8 Å². The van der Waals surface area contributed by atoms with Crippen molar-refractivity contribution < 1.29 is 13.9 Å². The molecule has 0 aliphatic heterocycles. The van der Waals surface area contributed by atoms with E-state index >= 15 is 0 Å². The van der Waals surface area contributed by atoms with Crippen LogP contribution in [0, 0.1) is 0 Å². The number of carbonyl (C=O) groups is 1. The second kappa shape index (κ2) is 6.98. The zero-order valence-corrected chi connectivity index (χ0v) is 7.18. The first-order valence-corrected chi connectivity index (χ1v) is 4.70. The van der Waals surface area contributed by atoms with Crippen LogP contribution in [-0.2, 0) is 13.9 Å². The molecular weight excluding hydrogens is 170 g/mol. The molecule has 0 amide bonds. The first-order valence-electron chi connectivity index (χ1n) is 2.93. The molecule has 0 radical (unpaired) electrons. The van der Waals surface area contributed by atoms with Crippen molar-refractivity contribution in [3.63, 3.8) is 0 Å². The number of hydrogen-bond donors (Lipinski definition) is 0. The van der Waals surface area contributed by atoms with Gasteiger partial charge in [0.1, 0.15) is 11.7 Å². The SMILES string of the molecule is O=CCCCC(P=O)P=O. The number of unbranched alkanes of at least 4 members (excludes halogenated alkanes) is 1. The van der Waals surface area contributed by atoms with E-state index < -0.39 is 0 Å². The molecule has 5 heteroatoms. The van der Waals surface area contributed by atoms with E-state index in [1.807, 2.05) is 0 Å². The van der Waals surface area contributed by atoms with Gasteiger partial charge in [-0.3, -0.25) is 9.13 Å². The Balaban J connectivity index is 3.34. The lowest BCUT2D eigenvalue weighted by molar-refractivity contribution is -0.107. The van der Waals surface area contributed by atoms with E-state index in [1.54, 1.807) is 0 Å². The van der Waals surface area contributed by atoms with Gasteiger partial charge in [-0.15, -0.1) is 0 Å². The Bertz CT molecular complexity index is 118. The number of rotatable bonds is 6. The fourth-order valence-corrected chi connectivity index (χ4v) is 1.24. The van der Waals surface area contributed by atoms with Crippen LogP contribution in [0.25, 0.3) is 0 Å². The molecule has 0 atom stereocenters. The third-order valence-electron chi connectivity index (χ3n) is 1.03. The first-order chi connectivity index (χ1) is 4.85. The molecule has 0 fully saturated rings. The highest BCUT2D eigenvalue weighted by atomic mass is 31.1. The van der Waals surface area contributed by atoms with Crippen LogP contribution in [0.3, 0.4) is 0 Å². The Labute approximate surface area is 62.6 Å². The van der Waals surface area contributed by atoms with Gasteiger partial charge in [0.25, 0.3) is 0 Å². The summed E-state index contributed by atoms with van der Waals surface area (Å²) in [5, 5.41) is -0.319. The molecule has 0 aromatic heterocycles. The first kappa shape index (κ1) is 9.87. The van der Waals surface area contributed by atoms with Crippen molar-refractivity contribution in [2.24, 2.45) is 0 Å². The maximum atomic E-state index is 10.1. The molecule has 0 aromatic carbocycles. The molecule has 0 saturated carbocycles. The number of aldehydes is 1. The van der Waals surface area contributed by atoms with Gasteiger partial charge in [-0.1, -0.05) is 0 Å². The van der Waals surface area contributed by atoms with Gasteiger partial charge in [0.05, 0.1) is 0 Å². The Hall–Kier alpha value is -0.130. The average Bonchev–Trinajstić information content (AvgIpc) is 1.99. The van der Waals surface area contributed by atoms with Crippen molar-refractivity contribution in [1.82, 2.24) is 0 Å². The molecule has 0 bridgehead atoms. The maximum absolute atomic E-state index is 10.1. The number of hydrogen-bond acceptors (Lipinski definition) is 3. The summed E-state index contributed by atoms with van der Waals surface area (Å²) in [7, 11) is -0.201. The highest BCUT2D eigenvalue weighted by Crippen LogP contribution is 2.24. The molecule has 0 aromatic rings. The maximum Gasteiger partial charge on any atom is 0.171 e. The van der Waals surface area contributed by atoms with E-state index in [1.165, 1.54) is 0 Å². The van der Waals surface area contributed by atoms with Crippen LogP contribution in [0.2, 0.25) is 0 Å². The smallest absolute Gasteiger partial charge is 0.171 e. The second-order valence-electron chi connectivity index (χ2n) is 1.79. The van der Waals surface area contributed by atoms with Gasteiger partial charge in [-0.2, -0.15) is 0 Å².